The molecule has 2 aliphatic carbocycles. The number of nitrogens with zero attached hydrogens (tertiary/aromatic N) is 2. The number of amides is 1. The van der Waals surface area contributed by atoms with Crippen LogP contribution in [0.15, 0.2) is 10.5 Å². The summed E-state index contributed by atoms with van der Waals surface area (Å²) in [6, 6.07) is 1.98. The Morgan fingerprint density at radius 3 is 2.42 bits per heavy atom. The van der Waals surface area contributed by atoms with Gasteiger partial charge in [-0.25, -0.2) is 0 Å². The fraction of sp³-hybridized carbons (Fsp3) is 0.750. The largest absolute Gasteiger partial charge is 0.464 e. The summed E-state index contributed by atoms with van der Waals surface area (Å²) in [6.45, 7) is 11.0. The molecule has 24 heavy (non-hydrogen) atoms. The maximum absolute atomic E-state index is 13.0. The van der Waals surface area contributed by atoms with Gasteiger partial charge in [0, 0.05) is 13.1 Å². The molecular formula is C20H30N2O2. The van der Waals surface area contributed by atoms with Crippen LogP contribution < -0.4 is 0 Å². The van der Waals surface area contributed by atoms with Gasteiger partial charge in [0.2, 0.25) is 0 Å². The number of aryl methyl sites for hydroxylation is 1. The molecule has 1 aliphatic heterocycles. The number of rotatable bonds is 5. The highest BCUT2D eigenvalue weighted by Gasteiger charge is 2.52. The molecule has 0 unspecified atom stereocenters. The van der Waals surface area contributed by atoms with Gasteiger partial charge in [-0.2, -0.15) is 0 Å². The molecule has 1 aromatic rings. The lowest BCUT2D eigenvalue weighted by molar-refractivity contribution is 0.0774. The van der Waals surface area contributed by atoms with Crippen molar-refractivity contribution in [2.75, 3.05) is 26.2 Å². The second kappa shape index (κ2) is 6.21. The Labute approximate surface area is 145 Å². The number of furan rings is 1. The number of likely N-dealkylation sites (tertiary alicyclic amines) is 1. The minimum atomic E-state index is 0.191. The third kappa shape index (κ3) is 2.59. The van der Waals surface area contributed by atoms with Gasteiger partial charge in [0.15, 0.2) is 0 Å². The Morgan fingerprint density at radius 1 is 1.21 bits per heavy atom. The zero-order chi connectivity index (χ0) is 16.8. The summed E-state index contributed by atoms with van der Waals surface area (Å²) in [5.74, 6) is 5.21. The van der Waals surface area contributed by atoms with E-state index in [0.717, 1.165) is 73.5 Å². The number of hydrogen-bond acceptors (Lipinski definition) is 3. The smallest absolute Gasteiger partial charge is 0.257 e. The Kier molecular flexibility index (Phi) is 4.19. The van der Waals surface area contributed by atoms with Gasteiger partial charge in [0.1, 0.15) is 11.5 Å². The maximum atomic E-state index is 13.0. The van der Waals surface area contributed by atoms with Crippen LogP contribution in [0.1, 0.15) is 55.0 Å². The van der Waals surface area contributed by atoms with Gasteiger partial charge in [-0.3, -0.25) is 9.69 Å². The van der Waals surface area contributed by atoms with Gasteiger partial charge in [0.25, 0.3) is 5.91 Å². The van der Waals surface area contributed by atoms with Crippen LogP contribution >= 0.6 is 0 Å². The standard InChI is InChI=1S/C20H30N2O2/c1-4-21(5-2)10-16-9-17(13(3)24-16)20(23)22-11-18-14-6-7-15(8-14)19(18)12-22/h9,14-15,18-19H,4-8,10-12H2,1-3H3/t14-,15+,18-,19+. The van der Waals surface area contributed by atoms with Gasteiger partial charge in [-0.15, -0.1) is 0 Å². The normalized spacial score (nSPS) is 31.2. The minimum Gasteiger partial charge on any atom is -0.464 e. The number of fused-ring (bicyclic) bond motifs is 5. The van der Waals surface area contributed by atoms with Crippen LogP contribution in [0.5, 0.6) is 0 Å². The summed E-state index contributed by atoms with van der Waals surface area (Å²) < 4.78 is 5.89. The molecule has 1 aromatic heterocycles. The molecule has 2 saturated carbocycles. The molecule has 2 heterocycles. The van der Waals surface area contributed by atoms with Crippen LogP contribution in [0.3, 0.4) is 0 Å². The second-order valence-corrected chi connectivity index (χ2v) is 8.02. The maximum Gasteiger partial charge on any atom is 0.257 e. The molecule has 132 valence electrons. The first-order chi connectivity index (χ1) is 11.6. The lowest BCUT2D eigenvalue weighted by atomic mass is 9.82. The summed E-state index contributed by atoms with van der Waals surface area (Å²) in [7, 11) is 0. The average molecular weight is 330 g/mol. The van der Waals surface area contributed by atoms with Crippen molar-refractivity contribution in [1.82, 2.24) is 9.80 Å². The summed E-state index contributed by atoms with van der Waals surface area (Å²) >= 11 is 0. The van der Waals surface area contributed by atoms with E-state index in [9.17, 15) is 4.79 Å². The Morgan fingerprint density at radius 2 is 1.83 bits per heavy atom. The van der Waals surface area contributed by atoms with Crippen molar-refractivity contribution in [3.05, 3.63) is 23.2 Å². The highest BCUT2D eigenvalue weighted by atomic mass is 16.3. The molecule has 2 bridgehead atoms. The molecule has 3 aliphatic rings. The number of hydrogen-bond donors (Lipinski definition) is 0. The van der Waals surface area contributed by atoms with E-state index in [1.807, 2.05) is 13.0 Å². The number of carbonyl (C=O) groups excluding carboxylic acids is 1. The average Bonchev–Trinajstić information content (AvgIpc) is 3.32. The van der Waals surface area contributed by atoms with Crippen LogP contribution in [-0.4, -0.2) is 41.9 Å². The molecule has 0 aromatic carbocycles. The Balaban J connectivity index is 1.46. The fourth-order valence-corrected chi connectivity index (χ4v) is 5.52. The Bertz CT molecular complexity index is 601. The van der Waals surface area contributed by atoms with E-state index in [1.54, 1.807) is 0 Å². The minimum absolute atomic E-state index is 0.191. The number of carbonyl (C=O) groups is 1. The van der Waals surface area contributed by atoms with E-state index in [0.29, 0.717) is 0 Å². The fourth-order valence-electron chi connectivity index (χ4n) is 5.52. The van der Waals surface area contributed by atoms with E-state index in [2.05, 4.69) is 23.6 Å². The highest BCUT2D eigenvalue weighted by molar-refractivity contribution is 5.95. The Hall–Kier alpha value is -1.29. The van der Waals surface area contributed by atoms with Crippen molar-refractivity contribution < 1.29 is 9.21 Å². The van der Waals surface area contributed by atoms with Crippen LogP contribution in [0.25, 0.3) is 0 Å². The molecule has 4 nitrogen and oxygen atoms in total. The van der Waals surface area contributed by atoms with Crippen LogP contribution in [0, 0.1) is 30.6 Å². The zero-order valence-electron chi connectivity index (χ0n) is 15.3. The molecule has 0 spiro atoms. The van der Waals surface area contributed by atoms with Crippen molar-refractivity contribution >= 4 is 5.91 Å². The molecule has 0 radical (unpaired) electrons. The summed E-state index contributed by atoms with van der Waals surface area (Å²) in [6.07, 6.45) is 4.22. The first-order valence-electron chi connectivity index (χ1n) is 9.71. The molecule has 4 rings (SSSR count). The monoisotopic (exact) mass is 330 g/mol. The summed E-state index contributed by atoms with van der Waals surface area (Å²) in [5, 5.41) is 0. The summed E-state index contributed by atoms with van der Waals surface area (Å²) in [5.41, 5.74) is 0.782. The second-order valence-electron chi connectivity index (χ2n) is 8.02. The molecule has 3 fully saturated rings. The van der Waals surface area contributed by atoms with E-state index >= 15 is 0 Å². The lowest BCUT2D eigenvalue weighted by Crippen LogP contribution is -2.30. The topological polar surface area (TPSA) is 36.7 Å². The molecule has 1 saturated heterocycles. The van der Waals surface area contributed by atoms with Crippen molar-refractivity contribution in [3.8, 4) is 0 Å². The lowest BCUT2D eigenvalue weighted by Gasteiger charge is -2.22. The van der Waals surface area contributed by atoms with Gasteiger partial charge < -0.3 is 9.32 Å². The zero-order valence-corrected chi connectivity index (χ0v) is 15.3. The molecule has 4 heteroatoms. The van der Waals surface area contributed by atoms with Crippen molar-refractivity contribution in [1.29, 1.82) is 0 Å². The van der Waals surface area contributed by atoms with Crippen LogP contribution in [-0.2, 0) is 6.54 Å². The quantitative estimate of drug-likeness (QED) is 0.828. The van der Waals surface area contributed by atoms with Gasteiger partial charge in [-0.05, 0) is 69.0 Å². The SMILES string of the molecule is CCN(CC)Cc1cc(C(=O)N2C[C@@H]3[C@@H]4CC[C@@H](C4)[C@@H]3C2)c(C)o1. The predicted octanol–water partition coefficient (Wildman–Crippen LogP) is 3.55. The van der Waals surface area contributed by atoms with Crippen LogP contribution in [0.2, 0.25) is 0 Å². The van der Waals surface area contributed by atoms with Gasteiger partial charge in [-0.1, -0.05) is 13.8 Å². The van der Waals surface area contributed by atoms with E-state index < -0.39 is 0 Å². The molecule has 1 amide bonds. The van der Waals surface area contributed by atoms with Crippen molar-refractivity contribution in [3.63, 3.8) is 0 Å². The highest BCUT2D eigenvalue weighted by Crippen LogP contribution is 2.55. The predicted molar refractivity (Wildman–Crippen MR) is 93.8 cm³/mol. The first kappa shape index (κ1) is 16.2. The first-order valence-corrected chi connectivity index (χ1v) is 9.71. The summed E-state index contributed by atoms with van der Waals surface area (Å²) in [4.78, 5) is 17.4. The van der Waals surface area contributed by atoms with E-state index in [1.165, 1.54) is 19.3 Å². The molecular weight excluding hydrogens is 300 g/mol. The molecule has 4 atom stereocenters. The van der Waals surface area contributed by atoms with E-state index in [4.69, 9.17) is 4.42 Å². The van der Waals surface area contributed by atoms with Gasteiger partial charge >= 0.3 is 0 Å². The third-order valence-corrected chi connectivity index (χ3v) is 6.90. The molecule has 0 N–H and O–H groups in total. The van der Waals surface area contributed by atoms with E-state index in [-0.39, 0.29) is 5.91 Å². The van der Waals surface area contributed by atoms with Crippen molar-refractivity contribution in [2.24, 2.45) is 23.7 Å². The van der Waals surface area contributed by atoms with Crippen LogP contribution in [0.4, 0.5) is 0 Å². The third-order valence-electron chi connectivity index (χ3n) is 6.90. The van der Waals surface area contributed by atoms with Gasteiger partial charge in [0.05, 0.1) is 12.1 Å². The van der Waals surface area contributed by atoms with Crippen molar-refractivity contribution in [2.45, 2.75) is 46.6 Å².